The summed E-state index contributed by atoms with van der Waals surface area (Å²) < 4.78 is 1.64. The summed E-state index contributed by atoms with van der Waals surface area (Å²) in [6.45, 7) is 3.46. The molecule has 0 aliphatic carbocycles. The molecule has 5 nitrogen and oxygen atoms in total. The van der Waals surface area contributed by atoms with Crippen LogP contribution in [0, 0.1) is 6.92 Å². The van der Waals surface area contributed by atoms with Crippen LogP contribution in [0.3, 0.4) is 0 Å². The van der Waals surface area contributed by atoms with E-state index in [1.165, 1.54) is 0 Å². The minimum Gasteiger partial charge on any atom is -0.300 e. The van der Waals surface area contributed by atoms with Gasteiger partial charge in [-0.2, -0.15) is 0 Å². The second-order valence-corrected chi connectivity index (χ2v) is 6.34. The van der Waals surface area contributed by atoms with E-state index in [1.54, 1.807) is 21.8 Å². The van der Waals surface area contributed by atoms with Crippen LogP contribution in [0.1, 0.15) is 16.4 Å². The maximum absolute atomic E-state index is 12.2. The maximum atomic E-state index is 12.2. The van der Waals surface area contributed by atoms with Gasteiger partial charge in [-0.1, -0.05) is 6.07 Å². The summed E-state index contributed by atoms with van der Waals surface area (Å²) in [5.41, 5.74) is 2.39. The molecule has 0 unspecified atom stereocenters. The molecular formula is C16H18N4OS. The van der Waals surface area contributed by atoms with Crippen molar-refractivity contribution >= 4 is 17.0 Å². The van der Waals surface area contributed by atoms with E-state index in [0.29, 0.717) is 12.2 Å². The zero-order chi connectivity index (χ0) is 15.5. The topological polar surface area (TPSA) is 50.5 Å². The molecule has 0 spiro atoms. The molecule has 0 bridgehead atoms. The van der Waals surface area contributed by atoms with Crippen molar-refractivity contribution in [3.05, 3.63) is 62.6 Å². The average molecular weight is 314 g/mol. The van der Waals surface area contributed by atoms with E-state index in [1.807, 2.05) is 43.7 Å². The Kier molecular flexibility index (Phi) is 4.31. The zero-order valence-electron chi connectivity index (χ0n) is 12.7. The van der Waals surface area contributed by atoms with E-state index < -0.39 is 0 Å². The van der Waals surface area contributed by atoms with E-state index in [0.717, 1.165) is 29.4 Å². The van der Waals surface area contributed by atoms with Crippen molar-refractivity contribution in [2.75, 3.05) is 13.6 Å². The van der Waals surface area contributed by atoms with Crippen molar-refractivity contribution in [2.24, 2.45) is 0 Å². The van der Waals surface area contributed by atoms with Gasteiger partial charge in [0.2, 0.25) is 0 Å². The molecule has 3 rings (SSSR count). The number of fused-ring (bicyclic) bond motifs is 1. The molecule has 0 saturated heterocycles. The Hall–Kier alpha value is -2.05. The minimum atomic E-state index is -0.0218. The second-order valence-electron chi connectivity index (χ2n) is 5.36. The van der Waals surface area contributed by atoms with Gasteiger partial charge >= 0.3 is 0 Å². The number of thiazole rings is 1. The molecular weight excluding hydrogens is 296 g/mol. The summed E-state index contributed by atoms with van der Waals surface area (Å²) in [5.74, 6) is 0. The van der Waals surface area contributed by atoms with E-state index in [-0.39, 0.29) is 5.56 Å². The van der Waals surface area contributed by atoms with Gasteiger partial charge in [0.15, 0.2) is 0 Å². The highest BCUT2D eigenvalue weighted by Gasteiger charge is 2.07. The molecule has 0 aromatic carbocycles. The fourth-order valence-corrected chi connectivity index (χ4v) is 3.07. The number of likely N-dealkylation sites (N-methyl/N-ethyl adjacent to an activating group) is 1. The third-order valence-electron chi connectivity index (χ3n) is 3.56. The SMILES string of the molecule is Cc1cccc2nc(CN(C)CCc3nccs3)cc(=O)n12. The van der Waals surface area contributed by atoms with Gasteiger partial charge in [0.25, 0.3) is 5.56 Å². The maximum Gasteiger partial charge on any atom is 0.258 e. The van der Waals surface area contributed by atoms with E-state index >= 15 is 0 Å². The van der Waals surface area contributed by atoms with E-state index in [2.05, 4.69) is 14.9 Å². The first-order valence-electron chi connectivity index (χ1n) is 7.19. The molecule has 0 saturated carbocycles. The normalized spacial score (nSPS) is 11.4. The molecule has 0 aliphatic heterocycles. The van der Waals surface area contributed by atoms with Gasteiger partial charge in [-0.25, -0.2) is 9.97 Å². The highest BCUT2D eigenvalue weighted by molar-refractivity contribution is 7.09. The lowest BCUT2D eigenvalue weighted by Crippen LogP contribution is -2.24. The quantitative estimate of drug-likeness (QED) is 0.724. The largest absolute Gasteiger partial charge is 0.300 e. The molecule has 0 radical (unpaired) electrons. The Bertz CT molecular complexity index is 826. The van der Waals surface area contributed by atoms with Crippen molar-refractivity contribution in [3.63, 3.8) is 0 Å². The zero-order valence-corrected chi connectivity index (χ0v) is 13.5. The second kappa shape index (κ2) is 6.37. The average Bonchev–Trinajstić information content (AvgIpc) is 2.98. The van der Waals surface area contributed by atoms with Crippen LogP contribution < -0.4 is 5.56 Å². The molecule has 0 atom stereocenters. The van der Waals surface area contributed by atoms with Gasteiger partial charge in [-0.05, 0) is 26.1 Å². The summed E-state index contributed by atoms with van der Waals surface area (Å²) in [4.78, 5) is 23.3. The molecule has 0 aliphatic rings. The standard InChI is InChI=1S/C16H18N4OS/c1-12-4-3-5-14-18-13(10-16(21)20(12)14)11-19(2)8-6-15-17-7-9-22-15/h3-5,7,9-10H,6,8,11H2,1-2H3. The lowest BCUT2D eigenvalue weighted by Gasteiger charge is -2.15. The molecule has 6 heteroatoms. The first-order valence-corrected chi connectivity index (χ1v) is 8.06. The van der Waals surface area contributed by atoms with Crippen LogP contribution in [0.4, 0.5) is 0 Å². The van der Waals surface area contributed by atoms with Crippen molar-refractivity contribution in [2.45, 2.75) is 19.9 Å². The predicted octanol–water partition coefficient (Wildman–Crippen LogP) is 2.13. The number of nitrogens with zero attached hydrogens (tertiary/aromatic N) is 4. The highest BCUT2D eigenvalue weighted by atomic mass is 32.1. The summed E-state index contributed by atoms with van der Waals surface area (Å²) >= 11 is 1.67. The van der Waals surface area contributed by atoms with Crippen LogP contribution >= 0.6 is 11.3 Å². The monoisotopic (exact) mass is 314 g/mol. The number of rotatable bonds is 5. The van der Waals surface area contributed by atoms with Crippen LogP contribution in [-0.2, 0) is 13.0 Å². The van der Waals surface area contributed by atoms with Gasteiger partial charge in [0, 0.05) is 42.8 Å². The fraction of sp³-hybridized carbons (Fsp3) is 0.312. The first kappa shape index (κ1) is 14.9. The third kappa shape index (κ3) is 3.23. The first-order chi connectivity index (χ1) is 10.6. The lowest BCUT2D eigenvalue weighted by molar-refractivity contribution is 0.327. The van der Waals surface area contributed by atoms with Gasteiger partial charge in [0.05, 0.1) is 10.7 Å². The lowest BCUT2D eigenvalue weighted by atomic mass is 10.3. The van der Waals surface area contributed by atoms with Gasteiger partial charge in [-0.3, -0.25) is 9.20 Å². The van der Waals surface area contributed by atoms with E-state index in [4.69, 9.17) is 0 Å². The highest BCUT2D eigenvalue weighted by Crippen LogP contribution is 2.07. The number of hydrogen-bond donors (Lipinski definition) is 0. The molecule has 3 heterocycles. The van der Waals surface area contributed by atoms with Crippen LogP contribution in [0.2, 0.25) is 0 Å². The summed E-state index contributed by atoms with van der Waals surface area (Å²) in [6, 6.07) is 7.33. The van der Waals surface area contributed by atoms with Crippen molar-refractivity contribution in [3.8, 4) is 0 Å². The van der Waals surface area contributed by atoms with Crippen LogP contribution in [0.5, 0.6) is 0 Å². The number of aryl methyl sites for hydroxylation is 1. The number of aromatic nitrogens is 3. The Balaban J connectivity index is 1.75. The summed E-state index contributed by atoms with van der Waals surface area (Å²) in [6.07, 6.45) is 2.74. The smallest absolute Gasteiger partial charge is 0.258 e. The number of pyridine rings is 1. The Labute approximate surface area is 132 Å². The molecule has 3 aromatic heterocycles. The molecule has 0 fully saturated rings. The molecule has 0 amide bonds. The fourth-order valence-electron chi connectivity index (χ4n) is 2.46. The van der Waals surface area contributed by atoms with Crippen molar-refractivity contribution in [1.82, 2.24) is 19.3 Å². The number of hydrogen-bond acceptors (Lipinski definition) is 5. The minimum absolute atomic E-state index is 0.0218. The Morgan fingerprint density at radius 2 is 2.23 bits per heavy atom. The Morgan fingerprint density at radius 3 is 3.00 bits per heavy atom. The predicted molar refractivity (Wildman–Crippen MR) is 88.4 cm³/mol. The van der Waals surface area contributed by atoms with Gasteiger partial charge in [0.1, 0.15) is 5.65 Å². The Morgan fingerprint density at radius 1 is 1.36 bits per heavy atom. The third-order valence-corrected chi connectivity index (χ3v) is 4.40. The summed E-state index contributed by atoms with van der Waals surface area (Å²) in [7, 11) is 2.04. The van der Waals surface area contributed by atoms with Crippen molar-refractivity contribution < 1.29 is 0 Å². The molecule has 114 valence electrons. The van der Waals surface area contributed by atoms with Crippen LogP contribution in [0.25, 0.3) is 5.65 Å². The summed E-state index contributed by atoms with van der Waals surface area (Å²) in [5, 5.41) is 3.12. The molecule has 22 heavy (non-hydrogen) atoms. The molecule has 3 aromatic rings. The van der Waals surface area contributed by atoms with Gasteiger partial charge in [-0.15, -0.1) is 11.3 Å². The van der Waals surface area contributed by atoms with Gasteiger partial charge < -0.3 is 4.90 Å². The molecule has 0 N–H and O–H groups in total. The van der Waals surface area contributed by atoms with Crippen molar-refractivity contribution in [1.29, 1.82) is 0 Å². The van der Waals surface area contributed by atoms with Crippen LogP contribution in [-0.4, -0.2) is 32.9 Å². The van der Waals surface area contributed by atoms with Crippen LogP contribution in [0.15, 0.2) is 40.6 Å². The van der Waals surface area contributed by atoms with E-state index in [9.17, 15) is 4.79 Å².